The third kappa shape index (κ3) is 4.12. The number of hydrogen-bond donors (Lipinski definition) is 0. The fourth-order valence-electron chi connectivity index (χ4n) is 2.79. The fourth-order valence-corrected chi connectivity index (χ4v) is 5.45. The van der Waals surface area contributed by atoms with E-state index in [-0.39, 0.29) is 29.5 Å². The SMILES string of the molecule is CCO[Si](C)(OCC)c1c(F)cc(F)cc1C(=O)C(=O)c1ccccc1. The van der Waals surface area contributed by atoms with Crippen LogP contribution < -0.4 is 5.19 Å². The molecule has 0 saturated heterocycles. The van der Waals surface area contributed by atoms with Gasteiger partial charge in [-0.3, -0.25) is 9.59 Å². The largest absolute Gasteiger partial charge is 0.391 e. The van der Waals surface area contributed by atoms with Gasteiger partial charge in [-0.05, 0) is 26.5 Å². The molecule has 0 bridgehead atoms. The number of halogens is 2. The van der Waals surface area contributed by atoms with Crippen LogP contribution in [0.5, 0.6) is 0 Å². The zero-order valence-corrected chi connectivity index (χ0v) is 15.8. The van der Waals surface area contributed by atoms with Crippen LogP contribution in [0.25, 0.3) is 0 Å². The third-order valence-corrected chi connectivity index (χ3v) is 6.93. The van der Waals surface area contributed by atoms with Crippen molar-refractivity contribution in [1.82, 2.24) is 0 Å². The Morgan fingerprint density at radius 3 is 2.08 bits per heavy atom. The minimum Gasteiger partial charge on any atom is -0.391 e. The molecule has 7 heteroatoms. The van der Waals surface area contributed by atoms with Gasteiger partial charge in [-0.2, -0.15) is 0 Å². The number of carbonyl (C=O) groups excluding carboxylic acids is 2. The summed E-state index contributed by atoms with van der Waals surface area (Å²) >= 11 is 0. The minimum absolute atomic E-state index is 0.143. The first-order chi connectivity index (χ1) is 12.3. The van der Waals surface area contributed by atoms with Crippen LogP contribution in [0.4, 0.5) is 8.78 Å². The van der Waals surface area contributed by atoms with Crippen molar-refractivity contribution in [3.05, 3.63) is 65.2 Å². The van der Waals surface area contributed by atoms with Gasteiger partial charge in [0.2, 0.25) is 11.6 Å². The van der Waals surface area contributed by atoms with E-state index in [4.69, 9.17) is 8.85 Å². The Hall–Kier alpha value is -2.22. The van der Waals surface area contributed by atoms with Gasteiger partial charge in [0.1, 0.15) is 11.6 Å². The van der Waals surface area contributed by atoms with E-state index < -0.39 is 31.8 Å². The number of hydrogen-bond acceptors (Lipinski definition) is 4. The van der Waals surface area contributed by atoms with Gasteiger partial charge in [-0.1, -0.05) is 30.3 Å². The molecule has 0 amide bonds. The van der Waals surface area contributed by atoms with Gasteiger partial charge < -0.3 is 8.85 Å². The first-order valence-corrected chi connectivity index (χ1v) is 10.6. The first-order valence-electron chi connectivity index (χ1n) is 8.25. The normalized spacial score (nSPS) is 11.4. The number of benzene rings is 2. The van der Waals surface area contributed by atoms with Crippen LogP contribution in [0.3, 0.4) is 0 Å². The first kappa shape index (κ1) is 20.1. The van der Waals surface area contributed by atoms with Crippen LogP contribution in [0.15, 0.2) is 42.5 Å². The highest BCUT2D eigenvalue weighted by Crippen LogP contribution is 2.18. The van der Waals surface area contributed by atoms with E-state index in [1.807, 2.05) is 0 Å². The number of ketones is 2. The molecule has 0 spiro atoms. The smallest absolute Gasteiger partial charge is 0.373 e. The van der Waals surface area contributed by atoms with Crippen molar-refractivity contribution in [1.29, 1.82) is 0 Å². The van der Waals surface area contributed by atoms with E-state index in [0.717, 1.165) is 6.07 Å². The molecule has 0 atom stereocenters. The van der Waals surface area contributed by atoms with Crippen LogP contribution >= 0.6 is 0 Å². The highest BCUT2D eigenvalue weighted by molar-refractivity contribution is 6.81. The summed E-state index contributed by atoms with van der Waals surface area (Å²) in [6.45, 7) is 5.43. The fraction of sp³-hybridized carbons (Fsp3) is 0.263. The summed E-state index contributed by atoms with van der Waals surface area (Å²) in [5.74, 6) is -3.74. The Kier molecular flexibility index (Phi) is 6.52. The quantitative estimate of drug-likeness (QED) is 0.401. The maximum atomic E-state index is 14.7. The van der Waals surface area contributed by atoms with Gasteiger partial charge in [0, 0.05) is 35.6 Å². The summed E-state index contributed by atoms with van der Waals surface area (Å²) < 4.78 is 39.8. The van der Waals surface area contributed by atoms with E-state index in [1.165, 1.54) is 12.1 Å². The van der Waals surface area contributed by atoms with E-state index >= 15 is 0 Å². The Morgan fingerprint density at radius 1 is 0.962 bits per heavy atom. The molecular formula is C19H20F2O4Si. The summed E-state index contributed by atoms with van der Waals surface area (Å²) in [5, 5.41) is -0.156. The maximum absolute atomic E-state index is 14.7. The van der Waals surface area contributed by atoms with Gasteiger partial charge in [0.05, 0.1) is 0 Å². The molecule has 0 aromatic heterocycles. The second kappa shape index (κ2) is 8.44. The summed E-state index contributed by atoms with van der Waals surface area (Å²) in [6, 6.07) is 9.38. The summed E-state index contributed by atoms with van der Waals surface area (Å²) in [5.41, 5.74) is -0.211. The van der Waals surface area contributed by atoms with Crippen LogP contribution in [0, 0.1) is 11.6 Å². The molecule has 0 fully saturated rings. The molecule has 2 rings (SSSR count). The minimum atomic E-state index is -3.36. The zero-order chi connectivity index (χ0) is 19.3. The predicted molar refractivity (Wildman–Crippen MR) is 96.0 cm³/mol. The third-order valence-electron chi connectivity index (χ3n) is 3.84. The lowest BCUT2D eigenvalue weighted by atomic mass is 10.0. The molecule has 4 nitrogen and oxygen atoms in total. The standard InChI is InChI=1S/C19H20F2O4Si/c1-4-24-26(3,25-5-2)19-15(11-14(20)12-16(19)21)18(23)17(22)13-9-7-6-8-10-13/h6-12H,4-5H2,1-3H3. The van der Waals surface area contributed by atoms with Gasteiger partial charge in [-0.25, -0.2) is 8.78 Å². The van der Waals surface area contributed by atoms with E-state index in [0.29, 0.717) is 6.07 Å². The van der Waals surface area contributed by atoms with Crippen molar-refractivity contribution >= 4 is 25.3 Å². The van der Waals surface area contributed by atoms with Crippen LogP contribution in [-0.4, -0.2) is 33.3 Å². The van der Waals surface area contributed by atoms with Crippen LogP contribution in [0.2, 0.25) is 6.55 Å². The highest BCUT2D eigenvalue weighted by atomic mass is 28.4. The van der Waals surface area contributed by atoms with Gasteiger partial charge in [-0.15, -0.1) is 0 Å². The van der Waals surface area contributed by atoms with Crippen molar-refractivity contribution in [3.63, 3.8) is 0 Å². The maximum Gasteiger partial charge on any atom is 0.373 e. The molecule has 26 heavy (non-hydrogen) atoms. The zero-order valence-electron chi connectivity index (χ0n) is 14.8. The van der Waals surface area contributed by atoms with E-state index in [2.05, 4.69) is 0 Å². The van der Waals surface area contributed by atoms with Crippen molar-refractivity contribution in [3.8, 4) is 0 Å². The molecule has 0 aliphatic heterocycles. The Morgan fingerprint density at radius 2 is 1.54 bits per heavy atom. The number of carbonyl (C=O) groups is 2. The summed E-state index contributed by atoms with van der Waals surface area (Å²) in [7, 11) is -3.36. The average Bonchev–Trinajstić information content (AvgIpc) is 2.60. The average molecular weight is 378 g/mol. The van der Waals surface area contributed by atoms with Crippen molar-refractivity contribution in [2.24, 2.45) is 0 Å². The van der Waals surface area contributed by atoms with Gasteiger partial charge in [0.25, 0.3) is 0 Å². The van der Waals surface area contributed by atoms with Crippen LogP contribution in [-0.2, 0) is 8.85 Å². The second-order valence-corrected chi connectivity index (χ2v) is 8.61. The highest BCUT2D eigenvalue weighted by Gasteiger charge is 2.41. The summed E-state index contributed by atoms with van der Waals surface area (Å²) in [6.07, 6.45) is 0. The molecule has 0 aliphatic rings. The molecule has 0 aliphatic carbocycles. The predicted octanol–water partition coefficient (Wildman–Crippen LogP) is 3.38. The van der Waals surface area contributed by atoms with Crippen LogP contribution in [0.1, 0.15) is 34.6 Å². The number of Topliss-reactive ketones (excluding diaryl/α,β-unsaturated/α-hetero) is 2. The Balaban J connectivity index is 2.61. The van der Waals surface area contributed by atoms with Gasteiger partial charge >= 0.3 is 8.56 Å². The molecule has 0 heterocycles. The Labute approximate surface area is 152 Å². The molecule has 0 unspecified atom stereocenters. The molecule has 0 saturated carbocycles. The molecule has 0 N–H and O–H groups in total. The lowest BCUT2D eigenvalue weighted by molar-refractivity contribution is 0.0816. The molecule has 138 valence electrons. The topological polar surface area (TPSA) is 52.6 Å². The Bertz CT molecular complexity index is 803. The lowest BCUT2D eigenvalue weighted by Crippen LogP contribution is -2.55. The van der Waals surface area contributed by atoms with E-state index in [9.17, 15) is 18.4 Å². The second-order valence-electron chi connectivity index (χ2n) is 5.65. The molecule has 0 radical (unpaired) electrons. The van der Waals surface area contributed by atoms with Crippen molar-refractivity contribution in [2.45, 2.75) is 20.4 Å². The summed E-state index contributed by atoms with van der Waals surface area (Å²) in [4.78, 5) is 25.3. The van der Waals surface area contributed by atoms with Crippen molar-refractivity contribution < 1.29 is 27.2 Å². The molecule has 2 aromatic carbocycles. The molecule has 2 aromatic rings. The number of rotatable bonds is 8. The monoisotopic (exact) mass is 378 g/mol. The lowest BCUT2D eigenvalue weighted by Gasteiger charge is -2.28. The van der Waals surface area contributed by atoms with Crippen molar-refractivity contribution in [2.75, 3.05) is 13.2 Å². The van der Waals surface area contributed by atoms with Gasteiger partial charge in [0.15, 0.2) is 0 Å². The molecular weight excluding hydrogens is 358 g/mol. The van der Waals surface area contributed by atoms with E-state index in [1.54, 1.807) is 38.6 Å².